The van der Waals surface area contributed by atoms with Gasteiger partial charge in [-0.15, -0.1) is 0 Å². The number of carbonyl (C=O) groups excluding carboxylic acids is 3. The van der Waals surface area contributed by atoms with E-state index in [1.54, 1.807) is 0 Å². The van der Waals surface area contributed by atoms with Gasteiger partial charge in [-0.25, -0.2) is 0 Å². The van der Waals surface area contributed by atoms with Crippen molar-refractivity contribution in [1.82, 2.24) is 19.6 Å². The Morgan fingerprint density at radius 2 is 1.52 bits per heavy atom. The molecule has 0 spiro atoms. The Hall–Kier alpha value is -2.16. The van der Waals surface area contributed by atoms with Crippen LogP contribution in [0.4, 0.5) is 0 Å². The van der Waals surface area contributed by atoms with E-state index in [2.05, 4.69) is 44.4 Å². The Morgan fingerprint density at radius 3 is 2.11 bits per heavy atom. The van der Waals surface area contributed by atoms with Gasteiger partial charge in [-0.2, -0.15) is 0 Å². The molecule has 0 radical (unpaired) electrons. The first-order valence-electron chi connectivity index (χ1n) is 17.7. The van der Waals surface area contributed by atoms with Crippen molar-refractivity contribution in [1.29, 1.82) is 0 Å². The second kappa shape index (κ2) is 14.1. The van der Waals surface area contributed by atoms with Gasteiger partial charge in [0, 0.05) is 60.7 Å². The van der Waals surface area contributed by atoms with Crippen LogP contribution in [-0.4, -0.2) is 107 Å². The van der Waals surface area contributed by atoms with Crippen LogP contribution in [0.3, 0.4) is 0 Å². The molecule has 4 atom stereocenters. The zero-order valence-corrected chi connectivity index (χ0v) is 30.0. The fourth-order valence-electron chi connectivity index (χ4n) is 8.00. The van der Waals surface area contributed by atoms with Gasteiger partial charge in [0.15, 0.2) is 0 Å². The molecule has 4 fully saturated rings. The van der Waals surface area contributed by atoms with Crippen molar-refractivity contribution in [3.05, 3.63) is 34.9 Å². The summed E-state index contributed by atoms with van der Waals surface area (Å²) in [6, 6.07) is 7.24. The summed E-state index contributed by atoms with van der Waals surface area (Å²) in [6.07, 6.45) is 5.37. The smallest absolute Gasteiger partial charge is 0.245 e. The quantitative estimate of drug-likeness (QED) is 0.370. The molecule has 9 heteroatoms. The fourth-order valence-corrected chi connectivity index (χ4v) is 8.13. The Morgan fingerprint density at radius 1 is 0.891 bits per heavy atom. The van der Waals surface area contributed by atoms with Gasteiger partial charge in [0.1, 0.15) is 6.04 Å². The molecule has 1 saturated carbocycles. The minimum Gasteiger partial charge on any atom is -0.378 e. The second-order valence-corrected chi connectivity index (χ2v) is 16.5. The minimum atomic E-state index is -0.590. The summed E-state index contributed by atoms with van der Waals surface area (Å²) in [4.78, 5) is 51.9. The van der Waals surface area contributed by atoms with Crippen LogP contribution in [0, 0.1) is 17.3 Å². The van der Waals surface area contributed by atoms with E-state index in [1.807, 2.05) is 47.9 Å². The van der Waals surface area contributed by atoms with Crippen LogP contribution >= 0.6 is 11.6 Å². The third-order valence-corrected chi connectivity index (χ3v) is 11.8. The maximum atomic E-state index is 15.0. The van der Waals surface area contributed by atoms with Gasteiger partial charge in [-0.05, 0) is 82.9 Å². The van der Waals surface area contributed by atoms with Gasteiger partial charge < -0.3 is 19.4 Å². The number of nitrogens with zero attached hydrogens (tertiary/aromatic N) is 4. The highest BCUT2D eigenvalue weighted by molar-refractivity contribution is 6.30. The largest absolute Gasteiger partial charge is 0.378 e. The number of amides is 3. The molecule has 3 aliphatic heterocycles. The minimum absolute atomic E-state index is 0.00714. The highest BCUT2D eigenvalue weighted by atomic mass is 35.5. The first-order valence-corrected chi connectivity index (χ1v) is 18.1. The van der Waals surface area contributed by atoms with E-state index in [0.29, 0.717) is 56.8 Å². The molecule has 46 heavy (non-hydrogen) atoms. The number of hydrogen-bond acceptors (Lipinski definition) is 5. The van der Waals surface area contributed by atoms with Crippen LogP contribution < -0.4 is 0 Å². The molecule has 1 aliphatic carbocycles. The maximum absolute atomic E-state index is 15.0. The van der Waals surface area contributed by atoms with Crippen molar-refractivity contribution in [2.75, 3.05) is 45.9 Å². The van der Waals surface area contributed by atoms with Crippen LogP contribution in [-0.2, 0) is 19.1 Å². The van der Waals surface area contributed by atoms with Gasteiger partial charge >= 0.3 is 0 Å². The SMILES string of the molecule is CCC(C)(C)C(=O)N(C1CCC(C)CC1)[C@H]1C[C@@H](C(=O)N2CCOCC2)N(C(=O)[C@@H]2CN(C(C)(C)C)C[C@H]2c2ccc(Cl)cc2)C1. The Balaban J connectivity index is 1.50. The monoisotopic (exact) mass is 656 g/mol. The van der Waals surface area contributed by atoms with Gasteiger partial charge in [0.25, 0.3) is 0 Å². The number of rotatable bonds is 7. The molecule has 3 saturated heterocycles. The van der Waals surface area contributed by atoms with Crippen LogP contribution in [0.1, 0.15) is 98.5 Å². The molecule has 0 bridgehead atoms. The molecule has 1 aromatic carbocycles. The molecule has 3 amide bonds. The third kappa shape index (κ3) is 7.44. The standard InChI is InChI=1S/C37H57ClN4O4/c1-8-37(6,7)35(45)42(28-15-9-25(2)10-16-28)29-21-32(34(44)39-17-19-46-20-18-39)41(22-29)33(43)31-24-40(36(3,4)5)23-30(31)26-11-13-27(38)14-12-26/h11-14,25,28-32H,8-10,15-24H2,1-7H3/t25?,28?,29-,30-,31+,32-/m0/s1. The zero-order valence-electron chi connectivity index (χ0n) is 29.3. The van der Waals surface area contributed by atoms with Gasteiger partial charge in [0.2, 0.25) is 17.7 Å². The third-order valence-electron chi connectivity index (χ3n) is 11.5. The predicted octanol–water partition coefficient (Wildman–Crippen LogP) is 5.83. The van der Waals surface area contributed by atoms with Crippen LogP contribution in [0.25, 0.3) is 0 Å². The van der Waals surface area contributed by atoms with Gasteiger partial charge in [-0.1, -0.05) is 51.4 Å². The van der Waals surface area contributed by atoms with Crippen molar-refractivity contribution >= 4 is 29.3 Å². The molecule has 0 aromatic heterocycles. The summed E-state index contributed by atoms with van der Waals surface area (Å²) in [5, 5.41) is 0.674. The zero-order chi connectivity index (χ0) is 33.4. The van der Waals surface area contributed by atoms with Crippen molar-refractivity contribution in [2.24, 2.45) is 17.3 Å². The molecular formula is C37H57ClN4O4. The van der Waals surface area contributed by atoms with E-state index in [-0.39, 0.29) is 47.2 Å². The summed E-state index contributed by atoms with van der Waals surface area (Å²) in [7, 11) is 0. The number of benzene rings is 1. The number of morpholine rings is 1. The summed E-state index contributed by atoms with van der Waals surface area (Å²) in [5.41, 5.74) is 0.477. The first-order chi connectivity index (χ1) is 21.7. The van der Waals surface area contributed by atoms with Gasteiger partial charge in [0.05, 0.1) is 25.2 Å². The first kappa shape index (κ1) is 35.2. The number of carbonyl (C=O) groups is 3. The molecule has 3 heterocycles. The highest BCUT2D eigenvalue weighted by Gasteiger charge is 2.51. The molecular weight excluding hydrogens is 600 g/mol. The van der Waals surface area contributed by atoms with Crippen molar-refractivity contribution < 1.29 is 19.1 Å². The van der Waals surface area contributed by atoms with E-state index < -0.39 is 11.5 Å². The average Bonchev–Trinajstić information content (AvgIpc) is 3.68. The summed E-state index contributed by atoms with van der Waals surface area (Å²) >= 11 is 6.27. The van der Waals surface area contributed by atoms with Crippen LogP contribution in [0.15, 0.2) is 24.3 Å². The van der Waals surface area contributed by atoms with E-state index in [4.69, 9.17) is 16.3 Å². The lowest BCUT2D eigenvalue weighted by molar-refractivity contribution is -0.148. The van der Waals surface area contributed by atoms with Gasteiger partial charge in [-0.3, -0.25) is 19.3 Å². The molecule has 5 rings (SSSR count). The lowest BCUT2D eigenvalue weighted by atomic mass is 9.82. The van der Waals surface area contributed by atoms with E-state index in [1.165, 1.54) is 0 Å². The van der Waals surface area contributed by atoms with Crippen LogP contribution in [0.2, 0.25) is 5.02 Å². The maximum Gasteiger partial charge on any atom is 0.245 e. The Labute approximate surface area is 282 Å². The number of likely N-dealkylation sites (tertiary alicyclic amines) is 2. The van der Waals surface area contributed by atoms with E-state index in [0.717, 1.165) is 44.2 Å². The van der Waals surface area contributed by atoms with Crippen molar-refractivity contribution in [3.8, 4) is 0 Å². The summed E-state index contributed by atoms with van der Waals surface area (Å²) in [5.74, 6) is 0.519. The lowest BCUT2D eigenvalue weighted by Gasteiger charge is -2.43. The van der Waals surface area contributed by atoms with Crippen LogP contribution in [0.5, 0.6) is 0 Å². The number of ether oxygens (including phenoxy) is 1. The molecule has 0 unspecified atom stereocenters. The number of hydrogen-bond donors (Lipinski definition) is 0. The fraction of sp³-hybridized carbons (Fsp3) is 0.757. The normalized spacial score (nSPS) is 29.7. The molecule has 1 aromatic rings. The van der Waals surface area contributed by atoms with Crippen molar-refractivity contribution in [3.63, 3.8) is 0 Å². The predicted molar refractivity (Wildman–Crippen MR) is 183 cm³/mol. The summed E-state index contributed by atoms with van der Waals surface area (Å²) in [6.45, 7) is 18.9. The topological polar surface area (TPSA) is 73.4 Å². The molecule has 256 valence electrons. The average molecular weight is 657 g/mol. The molecule has 4 aliphatic rings. The number of halogens is 1. The van der Waals surface area contributed by atoms with E-state index in [9.17, 15) is 14.4 Å². The Bertz CT molecular complexity index is 1230. The Kier molecular flexibility index (Phi) is 10.8. The molecule has 0 N–H and O–H groups in total. The van der Waals surface area contributed by atoms with Crippen molar-refractivity contribution in [2.45, 2.75) is 117 Å². The highest BCUT2D eigenvalue weighted by Crippen LogP contribution is 2.41. The second-order valence-electron chi connectivity index (χ2n) is 16.0. The molecule has 8 nitrogen and oxygen atoms in total. The lowest BCUT2D eigenvalue weighted by Crippen LogP contribution is -2.54. The summed E-state index contributed by atoms with van der Waals surface area (Å²) < 4.78 is 5.57. The van der Waals surface area contributed by atoms with E-state index >= 15 is 0 Å².